The van der Waals surface area contributed by atoms with Crippen molar-refractivity contribution in [1.29, 1.82) is 0 Å². The Balaban J connectivity index is 1.73. The lowest BCUT2D eigenvalue weighted by atomic mass is 9.89. The molecule has 1 atom stereocenters. The summed E-state index contributed by atoms with van der Waals surface area (Å²) in [6.07, 6.45) is 0.639. The lowest BCUT2D eigenvalue weighted by Crippen LogP contribution is -2.61. The highest BCUT2D eigenvalue weighted by molar-refractivity contribution is 6.08. The molecular formula is C16H17N3O3. The summed E-state index contributed by atoms with van der Waals surface area (Å²) >= 11 is 0. The van der Waals surface area contributed by atoms with Crippen molar-refractivity contribution in [3.8, 4) is 0 Å². The van der Waals surface area contributed by atoms with Gasteiger partial charge in [0.15, 0.2) is 0 Å². The topological polar surface area (TPSA) is 78.5 Å². The van der Waals surface area contributed by atoms with E-state index in [1.165, 1.54) is 0 Å². The zero-order valence-corrected chi connectivity index (χ0v) is 12.4. The minimum atomic E-state index is -0.955. The van der Waals surface area contributed by atoms with E-state index in [0.29, 0.717) is 19.5 Å². The molecule has 0 saturated carbocycles. The molecule has 114 valence electrons. The summed E-state index contributed by atoms with van der Waals surface area (Å²) < 4.78 is 0. The fraction of sp³-hybridized carbons (Fsp3) is 0.438. The van der Waals surface area contributed by atoms with E-state index in [2.05, 4.69) is 16.7 Å². The molecule has 0 aliphatic carbocycles. The first-order valence-corrected chi connectivity index (χ1v) is 7.51. The Hall–Kier alpha value is -2.21. The van der Waals surface area contributed by atoms with Gasteiger partial charge in [0.25, 0.3) is 11.8 Å². The number of nitrogens with zero attached hydrogens (tertiary/aromatic N) is 1. The molecule has 1 aromatic rings. The molecule has 0 aromatic heterocycles. The predicted octanol–water partition coefficient (Wildman–Crippen LogP) is 0.441. The first-order valence-electron chi connectivity index (χ1n) is 7.51. The Bertz CT molecular complexity index is 728. The van der Waals surface area contributed by atoms with Gasteiger partial charge in [-0.2, -0.15) is 0 Å². The molecule has 0 spiro atoms. The third-order valence-electron chi connectivity index (χ3n) is 5.08. The van der Waals surface area contributed by atoms with Gasteiger partial charge in [-0.25, -0.2) is 0 Å². The lowest BCUT2D eigenvalue weighted by Gasteiger charge is -2.39. The Morgan fingerprint density at radius 2 is 1.91 bits per heavy atom. The van der Waals surface area contributed by atoms with Gasteiger partial charge in [-0.15, -0.1) is 0 Å². The predicted molar refractivity (Wildman–Crippen MR) is 77.6 cm³/mol. The molecule has 1 saturated heterocycles. The molecule has 6 nitrogen and oxygen atoms in total. The van der Waals surface area contributed by atoms with Crippen LogP contribution in [0.5, 0.6) is 0 Å². The normalized spacial score (nSPS) is 27.0. The smallest absolute Gasteiger partial charge is 0.255 e. The second-order valence-electron chi connectivity index (χ2n) is 6.38. The van der Waals surface area contributed by atoms with Crippen molar-refractivity contribution in [2.45, 2.75) is 44.9 Å². The fourth-order valence-electron chi connectivity index (χ4n) is 3.65. The van der Waals surface area contributed by atoms with Crippen LogP contribution in [-0.2, 0) is 29.2 Å². The fourth-order valence-corrected chi connectivity index (χ4v) is 3.65. The Kier molecular flexibility index (Phi) is 2.69. The van der Waals surface area contributed by atoms with Crippen LogP contribution in [0.2, 0.25) is 0 Å². The van der Waals surface area contributed by atoms with Crippen LogP contribution >= 0.6 is 0 Å². The molecule has 22 heavy (non-hydrogen) atoms. The molecule has 0 bridgehead atoms. The van der Waals surface area contributed by atoms with Gasteiger partial charge in [0.1, 0.15) is 5.54 Å². The van der Waals surface area contributed by atoms with E-state index in [9.17, 15) is 14.4 Å². The van der Waals surface area contributed by atoms with E-state index in [1.807, 2.05) is 6.07 Å². The maximum atomic E-state index is 12.9. The summed E-state index contributed by atoms with van der Waals surface area (Å²) in [5, 5.41) is 5.62. The highest BCUT2D eigenvalue weighted by atomic mass is 16.2. The maximum Gasteiger partial charge on any atom is 0.255 e. The van der Waals surface area contributed by atoms with Gasteiger partial charge in [0.05, 0.1) is 0 Å². The van der Waals surface area contributed by atoms with Gasteiger partial charge in [-0.1, -0.05) is 12.1 Å². The summed E-state index contributed by atoms with van der Waals surface area (Å²) in [4.78, 5) is 38.2. The van der Waals surface area contributed by atoms with Gasteiger partial charge in [0, 0.05) is 31.6 Å². The number of hydrogen-bond donors (Lipinski definition) is 2. The summed E-state index contributed by atoms with van der Waals surface area (Å²) in [5.74, 6) is -0.737. The average molecular weight is 299 g/mol. The monoisotopic (exact) mass is 299 g/mol. The van der Waals surface area contributed by atoms with E-state index in [-0.39, 0.29) is 24.1 Å². The van der Waals surface area contributed by atoms with Crippen LogP contribution in [0.3, 0.4) is 0 Å². The van der Waals surface area contributed by atoms with Crippen molar-refractivity contribution < 1.29 is 14.4 Å². The van der Waals surface area contributed by atoms with E-state index in [1.54, 1.807) is 11.8 Å². The van der Waals surface area contributed by atoms with Crippen LogP contribution in [0.25, 0.3) is 0 Å². The maximum absolute atomic E-state index is 12.9. The number of benzene rings is 1. The number of rotatable bonds is 1. The molecule has 2 N–H and O–H groups in total. The van der Waals surface area contributed by atoms with Crippen molar-refractivity contribution in [2.75, 3.05) is 0 Å². The second-order valence-corrected chi connectivity index (χ2v) is 6.38. The molecule has 3 aliphatic heterocycles. The Morgan fingerprint density at radius 1 is 1.14 bits per heavy atom. The number of fused-ring (bicyclic) bond motifs is 3. The number of carbonyl (C=O) groups excluding carboxylic acids is 3. The summed E-state index contributed by atoms with van der Waals surface area (Å²) in [7, 11) is 0. The molecule has 0 radical (unpaired) electrons. The van der Waals surface area contributed by atoms with Crippen LogP contribution in [0.4, 0.5) is 0 Å². The molecule has 4 rings (SSSR count). The average Bonchev–Trinajstić information content (AvgIpc) is 3.07. The summed E-state index contributed by atoms with van der Waals surface area (Å²) in [6.45, 7) is 3.65. The van der Waals surface area contributed by atoms with Crippen molar-refractivity contribution in [1.82, 2.24) is 15.5 Å². The van der Waals surface area contributed by atoms with Crippen LogP contribution in [0, 0.1) is 0 Å². The highest BCUT2D eigenvalue weighted by Crippen LogP contribution is 2.37. The molecule has 6 heteroatoms. The molecule has 3 amide bonds. The number of piperidine rings is 1. The Labute approximate surface area is 127 Å². The largest absolute Gasteiger partial charge is 0.320 e. The van der Waals surface area contributed by atoms with Crippen LogP contribution < -0.4 is 10.6 Å². The first-order chi connectivity index (χ1) is 10.5. The molecule has 3 heterocycles. The molecular weight excluding hydrogens is 282 g/mol. The minimum absolute atomic E-state index is 0.0949. The standard InChI is InChI=1S/C16H17N3O3/c1-16(5-4-12(20)18-15(16)22)19-8-10-3-2-9-6-17-7-11(9)13(10)14(19)21/h2-3,17H,4-8H2,1H3,(H,18,20,22). The van der Waals surface area contributed by atoms with E-state index in [0.717, 1.165) is 28.8 Å². The number of hydrogen-bond acceptors (Lipinski definition) is 4. The van der Waals surface area contributed by atoms with Crippen molar-refractivity contribution in [3.05, 3.63) is 34.4 Å². The quantitative estimate of drug-likeness (QED) is 0.738. The van der Waals surface area contributed by atoms with Crippen LogP contribution in [0.15, 0.2) is 12.1 Å². The third-order valence-corrected chi connectivity index (χ3v) is 5.08. The van der Waals surface area contributed by atoms with Crippen molar-refractivity contribution >= 4 is 17.7 Å². The third kappa shape index (κ3) is 1.67. The summed E-state index contributed by atoms with van der Waals surface area (Å²) in [6, 6.07) is 4.03. The zero-order valence-electron chi connectivity index (χ0n) is 12.4. The van der Waals surface area contributed by atoms with Crippen LogP contribution in [0.1, 0.15) is 46.8 Å². The van der Waals surface area contributed by atoms with Gasteiger partial charge in [-0.3, -0.25) is 19.7 Å². The highest BCUT2D eigenvalue weighted by Gasteiger charge is 2.49. The number of nitrogens with one attached hydrogen (secondary N) is 2. The SMILES string of the molecule is CC1(N2Cc3ccc4c(c3C2=O)CNC4)CCC(=O)NC1=O. The van der Waals surface area contributed by atoms with E-state index in [4.69, 9.17) is 0 Å². The second kappa shape index (κ2) is 4.39. The summed E-state index contributed by atoms with van der Waals surface area (Å²) in [5.41, 5.74) is 2.97. The first kappa shape index (κ1) is 13.5. The molecule has 1 aromatic carbocycles. The van der Waals surface area contributed by atoms with Crippen LogP contribution in [-0.4, -0.2) is 28.2 Å². The van der Waals surface area contributed by atoms with Gasteiger partial charge < -0.3 is 10.2 Å². The lowest BCUT2D eigenvalue weighted by molar-refractivity contribution is -0.142. The van der Waals surface area contributed by atoms with Gasteiger partial charge >= 0.3 is 0 Å². The van der Waals surface area contributed by atoms with E-state index >= 15 is 0 Å². The Morgan fingerprint density at radius 3 is 2.68 bits per heavy atom. The van der Waals surface area contributed by atoms with Crippen molar-refractivity contribution in [3.63, 3.8) is 0 Å². The number of imide groups is 1. The molecule has 3 aliphatic rings. The van der Waals surface area contributed by atoms with Gasteiger partial charge in [0.2, 0.25) is 5.91 Å². The number of amides is 3. The van der Waals surface area contributed by atoms with Gasteiger partial charge in [-0.05, 0) is 30.0 Å². The zero-order chi connectivity index (χ0) is 15.5. The number of carbonyl (C=O) groups is 3. The molecule has 1 unspecified atom stereocenters. The molecule has 1 fully saturated rings. The van der Waals surface area contributed by atoms with Crippen molar-refractivity contribution in [2.24, 2.45) is 0 Å². The minimum Gasteiger partial charge on any atom is -0.320 e. The van der Waals surface area contributed by atoms with E-state index < -0.39 is 5.54 Å².